The molecule has 1 aromatic heterocycles. The van der Waals surface area contributed by atoms with Crippen molar-refractivity contribution in [1.29, 1.82) is 0 Å². The van der Waals surface area contributed by atoms with E-state index < -0.39 is 17.7 Å². The maximum atomic E-state index is 12.4. The Balaban J connectivity index is 2.23. The number of carboxylic acid groups (broad SMARTS) is 1. The summed E-state index contributed by atoms with van der Waals surface area (Å²) in [5, 5.41) is 8.89. The van der Waals surface area contributed by atoms with E-state index in [4.69, 9.17) is 5.11 Å². The first kappa shape index (κ1) is 13.5. The van der Waals surface area contributed by atoms with Gasteiger partial charge in [-0.05, 0) is 23.7 Å². The number of aliphatic carboxylic acids is 1. The van der Waals surface area contributed by atoms with Crippen LogP contribution in [0, 0.1) is 0 Å². The van der Waals surface area contributed by atoms with Crippen molar-refractivity contribution in [2.45, 2.75) is 12.6 Å². The molecule has 1 N–H and O–H groups in total. The van der Waals surface area contributed by atoms with Gasteiger partial charge in [0.25, 0.3) is 0 Å². The van der Waals surface area contributed by atoms with E-state index in [0.29, 0.717) is 10.6 Å². The number of nitrogens with zero attached hydrogens (tertiary/aromatic N) is 2. The van der Waals surface area contributed by atoms with E-state index in [2.05, 4.69) is 9.36 Å². The maximum absolute atomic E-state index is 12.4. The SMILES string of the molecule is O=C(O)Cc1nc(-c2ccc(C(F)(F)F)cc2)ns1. The van der Waals surface area contributed by atoms with Gasteiger partial charge in [0.15, 0.2) is 5.82 Å². The van der Waals surface area contributed by atoms with Gasteiger partial charge in [0.2, 0.25) is 0 Å². The molecule has 19 heavy (non-hydrogen) atoms. The first-order valence-corrected chi connectivity index (χ1v) is 5.85. The molecule has 0 aliphatic heterocycles. The number of benzene rings is 1. The van der Waals surface area contributed by atoms with Gasteiger partial charge in [0.1, 0.15) is 5.01 Å². The van der Waals surface area contributed by atoms with E-state index in [0.717, 1.165) is 23.7 Å². The largest absolute Gasteiger partial charge is 0.481 e. The van der Waals surface area contributed by atoms with Crippen LogP contribution in [0.15, 0.2) is 24.3 Å². The third kappa shape index (κ3) is 3.28. The van der Waals surface area contributed by atoms with Gasteiger partial charge in [0.05, 0.1) is 12.0 Å². The van der Waals surface area contributed by atoms with E-state index in [9.17, 15) is 18.0 Å². The van der Waals surface area contributed by atoms with E-state index in [1.54, 1.807) is 0 Å². The predicted octanol–water partition coefficient (Wildman–Crippen LogP) is 2.85. The lowest BCUT2D eigenvalue weighted by Gasteiger charge is -2.06. The van der Waals surface area contributed by atoms with E-state index in [1.807, 2.05) is 0 Å². The second-order valence-electron chi connectivity index (χ2n) is 3.66. The molecule has 4 nitrogen and oxygen atoms in total. The van der Waals surface area contributed by atoms with Crippen LogP contribution in [-0.4, -0.2) is 20.4 Å². The molecule has 0 amide bonds. The van der Waals surface area contributed by atoms with E-state index in [-0.39, 0.29) is 12.2 Å². The molecule has 8 heteroatoms. The van der Waals surface area contributed by atoms with Crippen LogP contribution < -0.4 is 0 Å². The van der Waals surface area contributed by atoms with Gasteiger partial charge in [-0.1, -0.05) is 12.1 Å². The molecule has 0 aliphatic rings. The standard InChI is InChI=1S/C11H7F3N2O2S/c12-11(13,14)7-3-1-6(2-4-7)10-15-8(19-16-10)5-9(17)18/h1-4H,5H2,(H,17,18). The Morgan fingerprint density at radius 2 is 1.89 bits per heavy atom. The highest BCUT2D eigenvalue weighted by Crippen LogP contribution is 2.30. The fourth-order valence-electron chi connectivity index (χ4n) is 1.38. The van der Waals surface area contributed by atoms with Gasteiger partial charge < -0.3 is 5.11 Å². The minimum atomic E-state index is -4.39. The minimum absolute atomic E-state index is 0.231. The molecule has 2 aromatic rings. The zero-order chi connectivity index (χ0) is 14.0. The first-order chi connectivity index (χ1) is 8.86. The van der Waals surface area contributed by atoms with Crippen molar-refractivity contribution in [3.63, 3.8) is 0 Å². The second kappa shape index (κ2) is 4.96. The average molecular weight is 288 g/mol. The van der Waals surface area contributed by atoms with Gasteiger partial charge in [-0.15, -0.1) is 0 Å². The van der Waals surface area contributed by atoms with Crippen molar-refractivity contribution in [3.05, 3.63) is 34.8 Å². The van der Waals surface area contributed by atoms with Gasteiger partial charge in [-0.25, -0.2) is 4.98 Å². The molecule has 0 radical (unpaired) electrons. The fourth-order valence-corrected chi connectivity index (χ4v) is 2.03. The molecule has 1 aromatic carbocycles. The van der Waals surface area contributed by atoms with Crippen LogP contribution >= 0.6 is 11.5 Å². The second-order valence-corrected chi connectivity index (χ2v) is 4.49. The summed E-state index contributed by atoms with van der Waals surface area (Å²) in [4.78, 5) is 14.4. The first-order valence-electron chi connectivity index (χ1n) is 5.08. The van der Waals surface area contributed by atoms with Crippen LogP contribution in [0.2, 0.25) is 0 Å². The lowest BCUT2D eigenvalue weighted by atomic mass is 10.1. The van der Waals surface area contributed by atoms with Crippen molar-refractivity contribution in [2.75, 3.05) is 0 Å². The lowest BCUT2D eigenvalue weighted by molar-refractivity contribution is -0.138. The highest BCUT2D eigenvalue weighted by Gasteiger charge is 2.30. The average Bonchev–Trinajstić information content (AvgIpc) is 2.75. The number of aromatic nitrogens is 2. The molecule has 0 bridgehead atoms. The number of carbonyl (C=O) groups is 1. The topological polar surface area (TPSA) is 63.1 Å². The summed E-state index contributed by atoms with van der Waals surface area (Å²) in [6, 6.07) is 4.39. The highest BCUT2D eigenvalue weighted by molar-refractivity contribution is 7.05. The summed E-state index contributed by atoms with van der Waals surface area (Å²) in [5.74, 6) is -0.801. The molecule has 0 fully saturated rings. The van der Waals surface area contributed by atoms with Crippen LogP contribution in [0.5, 0.6) is 0 Å². The number of alkyl halides is 3. The summed E-state index contributed by atoms with van der Waals surface area (Å²) in [5.41, 5.74) is -0.335. The van der Waals surface area contributed by atoms with Crippen molar-refractivity contribution >= 4 is 17.5 Å². The molecular weight excluding hydrogens is 281 g/mol. The van der Waals surface area contributed by atoms with Crippen LogP contribution in [0.4, 0.5) is 13.2 Å². The van der Waals surface area contributed by atoms with Gasteiger partial charge in [-0.3, -0.25) is 4.79 Å². The molecule has 0 saturated carbocycles. The Kier molecular flexibility index (Phi) is 3.52. The molecule has 0 atom stereocenters. The zero-order valence-electron chi connectivity index (χ0n) is 9.31. The Labute approximate surface area is 109 Å². The van der Waals surface area contributed by atoms with Crippen LogP contribution in [-0.2, 0) is 17.4 Å². The number of rotatable bonds is 3. The zero-order valence-corrected chi connectivity index (χ0v) is 10.1. The minimum Gasteiger partial charge on any atom is -0.481 e. The van der Waals surface area contributed by atoms with E-state index in [1.165, 1.54) is 12.1 Å². The molecule has 0 aliphatic carbocycles. The molecule has 100 valence electrons. The number of hydrogen-bond donors (Lipinski definition) is 1. The summed E-state index contributed by atoms with van der Waals surface area (Å²) >= 11 is 0.918. The van der Waals surface area contributed by atoms with Crippen molar-refractivity contribution in [2.24, 2.45) is 0 Å². The molecule has 0 unspecified atom stereocenters. The van der Waals surface area contributed by atoms with Crippen molar-refractivity contribution < 1.29 is 23.1 Å². The normalized spacial score (nSPS) is 11.5. The summed E-state index contributed by atoms with van der Waals surface area (Å²) in [6.45, 7) is 0. The van der Waals surface area contributed by atoms with Crippen LogP contribution in [0.1, 0.15) is 10.6 Å². The summed E-state index contributed by atoms with van der Waals surface area (Å²) in [7, 11) is 0. The molecule has 2 rings (SSSR count). The number of halogens is 3. The fraction of sp³-hybridized carbons (Fsp3) is 0.182. The smallest absolute Gasteiger partial charge is 0.416 e. The van der Waals surface area contributed by atoms with Gasteiger partial charge in [-0.2, -0.15) is 17.5 Å². The quantitative estimate of drug-likeness (QED) is 0.943. The third-order valence-electron chi connectivity index (χ3n) is 2.24. The number of hydrogen-bond acceptors (Lipinski definition) is 4. The monoisotopic (exact) mass is 288 g/mol. The Bertz CT molecular complexity index is 593. The van der Waals surface area contributed by atoms with Gasteiger partial charge in [0, 0.05) is 5.56 Å². The van der Waals surface area contributed by atoms with Crippen molar-refractivity contribution in [3.8, 4) is 11.4 Å². The Hall–Kier alpha value is -1.96. The van der Waals surface area contributed by atoms with Crippen LogP contribution in [0.25, 0.3) is 11.4 Å². The van der Waals surface area contributed by atoms with Crippen molar-refractivity contribution in [1.82, 2.24) is 9.36 Å². The van der Waals surface area contributed by atoms with Crippen LogP contribution in [0.3, 0.4) is 0 Å². The number of carboxylic acids is 1. The summed E-state index contributed by atoms with van der Waals surface area (Å²) < 4.78 is 41.0. The van der Waals surface area contributed by atoms with E-state index >= 15 is 0 Å². The molecular formula is C11H7F3N2O2S. The Morgan fingerprint density at radius 3 is 2.42 bits per heavy atom. The predicted molar refractivity (Wildman–Crippen MR) is 61.7 cm³/mol. The molecule has 1 heterocycles. The summed E-state index contributed by atoms with van der Waals surface area (Å²) in [6.07, 6.45) is -4.64. The molecule has 0 spiro atoms. The molecule has 0 saturated heterocycles. The lowest BCUT2D eigenvalue weighted by Crippen LogP contribution is -2.04. The van der Waals surface area contributed by atoms with Gasteiger partial charge >= 0.3 is 12.1 Å². The third-order valence-corrected chi connectivity index (χ3v) is 2.95. The maximum Gasteiger partial charge on any atom is 0.416 e. The highest BCUT2D eigenvalue weighted by atomic mass is 32.1. The Morgan fingerprint density at radius 1 is 1.26 bits per heavy atom.